The summed E-state index contributed by atoms with van der Waals surface area (Å²) in [6.45, 7) is 0. The van der Waals surface area contributed by atoms with Gasteiger partial charge in [0.05, 0.1) is 6.04 Å². The van der Waals surface area contributed by atoms with Gasteiger partial charge in [-0.15, -0.1) is 0 Å². The molecule has 1 aliphatic heterocycles. The highest BCUT2D eigenvalue weighted by molar-refractivity contribution is 5.96. The van der Waals surface area contributed by atoms with Crippen molar-refractivity contribution in [2.24, 2.45) is 5.92 Å². The van der Waals surface area contributed by atoms with Crippen molar-refractivity contribution in [2.75, 3.05) is 5.32 Å². The van der Waals surface area contributed by atoms with Crippen molar-refractivity contribution in [1.29, 1.82) is 0 Å². The van der Waals surface area contributed by atoms with Crippen molar-refractivity contribution < 1.29 is 4.39 Å². The molecule has 1 heterocycles. The van der Waals surface area contributed by atoms with E-state index in [0.717, 1.165) is 12.0 Å². The van der Waals surface area contributed by atoms with Gasteiger partial charge in [0, 0.05) is 17.0 Å². The normalized spacial score (nSPS) is 24.5. The number of allylic oxidation sites excluding steroid dienone is 2. The van der Waals surface area contributed by atoms with Crippen LogP contribution in [0.4, 0.5) is 10.1 Å². The number of hydrogen-bond donors (Lipinski definition) is 1. The van der Waals surface area contributed by atoms with Crippen LogP contribution in [0.5, 0.6) is 0 Å². The molecule has 0 saturated heterocycles. The van der Waals surface area contributed by atoms with Gasteiger partial charge in [0.25, 0.3) is 0 Å². The Balaban J connectivity index is 1.71. The topological polar surface area (TPSA) is 12.0 Å². The van der Waals surface area contributed by atoms with E-state index in [1.165, 1.54) is 28.1 Å². The third-order valence-electron chi connectivity index (χ3n) is 5.47. The molecule has 0 fully saturated rings. The monoisotopic (exact) mass is 315 g/mol. The predicted molar refractivity (Wildman–Crippen MR) is 96.7 cm³/mol. The lowest BCUT2D eigenvalue weighted by molar-refractivity contribution is 0.425. The zero-order chi connectivity index (χ0) is 16.1. The summed E-state index contributed by atoms with van der Waals surface area (Å²) >= 11 is 0. The van der Waals surface area contributed by atoms with E-state index in [9.17, 15) is 4.39 Å². The molecule has 3 aromatic rings. The average Bonchev–Trinajstić information content (AvgIpc) is 3.10. The zero-order valence-electron chi connectivity index (χ0n) is 13.2. The van der Waals surface area contributed by atoms with E-state index < -0.39 is 0 Å². The first-order valence-electron chi connectivity index (χ1n) is 8.51. The van der Waals surface area contributed by atoms with Crippen molar-refractivity contribution in [3.8, 4) is 0 Å². The van der Waals surface area contributed by atoms with E-state index in [0.29, 0.717) is 11.8 Å². The first-order valence-corrected chi connectivity index (χ1v) is 8.51. The Labute approximate surface area is 140 Å². The van der Waals surface area contributed by atoms with Crippen molar-refractivity contribution >= 4 is 16.5 Å². The molecule has 118 valence electrons. The molecule has 0 radical (unpaired) electrons. The van der Waals surface area contributed by atoms with Gasteiger partial charge >= 0.3 is 0 Å². The Bertz CT molecular complexity index is 959. The number of hydrogen-bond acceptors (Lipinski definition) is 1. The van der Waals surface area contributed by atoms with Gasteiger partial charge in [0.2, 0.25) is 0 Å². The van der Waals surface area contributed by atoms with Crippen molar-refractivity contribution in [3.63, 3.8) is 0 Å². The SMILES string of the molecule is Fc1cccc([C@@H]2Nc3c(ccc4ccccc34)[C@H]3C=CC[C@H]32)c1. The summed E-state index contributed by atoms with van der Waals surface area (Å²) in [5.41, 5.74) is 3.60. The van der Waals surface area contributed by atoms with Crippen LogP contribution in [0.25, 0.3) is 10.8 Å². The molecular weight excluding hydrogens is 297 g/mol. The minimum Gasteiger partial charge on any atom is -0.377 e. The Morgan fingerprint density at radius 3 is 2.79 bits per heavy atom. The Hall–Kier alpha value is -2.61. The molecule has 0 saturated carbocycles. The molecule has 3 atom stereocenters. The molecule has 0 unspecified atom stereocenters. The van der Waals surface area contributed by atoms with Gasteiger partial charge in [-0.1, -0.05) is 60.7 Å². The average molecular weight is 315 g/mol. The summed E-state index contributed by atoms with van der Waals surface area (Å²) in [5, 5.41) is 6.23. The van der Waals surface area contributed by atoms with Gasteiger partial charge in [-0.2, -0.15) is 0 Å². The van der Waals surface area contributed by atoms with Gasteiger partial charge in [0.1, 0.15) is 5.82 Å². The Morgan fingerprint density at radius 1 is 0.958 bits per heavy atom. The third-order valence-corrected chi connectivity index (χ3v) is 5.47. The fourth-order valence-electron chi connectivity index (χ4n) is 4.37. The molecule has 1 nitrogen and oxygen atoms in total. The maximum atomic E-state index is 13.8. The van der Waals surface area contributed by atoms with Gasteiger partial charge < -0.3 is 5.32 Å². The quantitative estimate of drug-likeness (QED) is 0.559. The van der Waals surface area contributed by atoms with Crippen molar-refractivity contribution in [1.82, 2.24) is 0 Å². The molecule has 0 bridgehead atoms. The fourth-order valence-corrected chi connectivity index (χ4v) is 4.37. The van der Waals surface area contributed by atoms with E-state index in [-0.39, 0.29) is 11.9 Å². The van der Waals surface area contributed by atoms with Crippen LogP contribution in [0.1, 0.15) is 29.5 Å². The summed E-state index contributed by atoms with van der Waals surface area (Å²) in [4.78, 5) is 0. The maximum Gasteiger partial charge on any atom is 0.123 e. The Morgan fingerprint density at radius 2 is 1.88 bits per heavy atom. The molecule has 2 aliphatic rings. The van der Waals surface area contributed by atoms with E-state index >= 15 is 0 Å². The minimum atomic E-state index is -0.166. The summed E-state index contributed by atoms with van der Waals surface area (Å²) in [5.74, 6) is 0.681. The lowest BCUT2D eigenvalue weighted by atomic mass is 9.76. The van der Waals surface area contributed by atoms with Crippen LogP contribution in [-0.2, 0) is 0 Å². The highest BCUT2D eigenvalue weighted by Crippen LogP contribution is 2.51. The minimum absolute atomic E-state index is 0.138. The number of halogens is 1. The van der Waals surface area contributed by atoms with E-state index in [1.807, 2.05) is 12.1 Å². The predicted octanol–water partition coefficient (Wildman–Crippen LogP) is 5.81. The smallest absolute Gasteiger partial charge is 0.123 e. The third kappa shape index (κ3) is 1.99. The van der Waals surface area contributed by atoms with Crippen LogP contribution in [0.2, 0.25) is 0 Å². The highest BCUT2D eigenvalue weighted by Gasteiger charge is 2.38. The largest absolute Gasteiger partial charge is 0.377 e. The second kappa shape index (κ2) is 5.20. The molecule has 5 rings (SSSR count). The van der Waals surface area contributed by atoms with Crippen LogP contribution < -0.4 is 5.32 Å². The second-order valence-electron chi connectivity index (χ2n) is 6.78. The van der Waals surface area contributed by atoms with Crippen LogP contribution in [0.15, 0.2) is 72.8 Å². The molecule has 24 heavy (non-hydrogen) atoms. The number of fused-ring (bicyclic) bond motifs is 5. The van der Waals surface area contributed by atoms with Gasteiger partial charge in [-0.25, -0.2) is 4.39 Å². The highest BCUT2D eigenvalue weighted by atomic mass is 19.1. The van der Waals surface area contributed by atoms with Crippen LogP contribution in [0, 0.1) is 11.7 Å². The zero-order valence-corrected chi connectivity index (χ0v) is 13.2. The van der Waals surface area contributed by atoms with Crippen molar-refractivity contribution in [2.45, 2.75) is 18.4 Å². The lowest BCUT2D eigenvalue weighted by Crippen LogP contribution is -2.29. The fraction of sp³-hybridized carbons (Fsp3) is 0.182. The standard InChI is InChI=1S/C22H18FN/c23-16-7-3-6-15(13-16)21-19-10-4-9-18(19)20-12-11-14-5-1-2-8-17(14)22(20)24-21/h1-9,11-13,18-19,21,24H,10H2/t18-,19+,21-/m0/s1. The van der Waals surface area contributed by atoms with Gasteiger partial charge in [-0.05, 0) is 41.0 Å². The van der Waals surface area contributed by atoms with Crippen LogP contribution >= 0.6 is 0 Å². The van der Waals surface area contributed by atoms with Crippen LogP contribution in [0.3, 0.4) is 0 Å². The molecule has 1 aliphatic carbocycles. The second-order valence-corrected chi connectivity index (χ2v) is 6.78. The first-order chi connectivity index (χ1) is 11.8. The number of nitrogens with one attached hydrogen (secondary N) is 1. The first kappa shape index (κ1) is 13.8. The van der Waals surface area contributed by atoms with Crippen LogP contribution in [-0.4, -0.2) is 0 Å². The maximum absolute atomic E-state index is 13.8. The summed E-state index contributed by atoms with van der Waals surface area (Å²) in [6.07, 6.45) is 5.63. The van der Waals surface area contributed by atoms with Gasteiger partial charge in [-0.3, -0.25) is 0 Å². The number of rotatable bonds is 1. The molecule has 0 spiro atoms. The number of benzene rings is 3. The molecule has 0 aromatic heterocycles. The molecular formula is C22H18FN. The summed E-state index contributed by atoms with van der Waals surface area (Å²) in [7, 11) is 0. The summed E-state index contributed by atoms with van der Waals surface area (Å²) in [6, 6.07) is 20.1. The molecule has 0 amide bonds. The Kier molecular flexibility index (Phi) is 2.99. The van der Waals surface area contributed by atoms with E-state index in [1.54, 1.807) is 6.07 Å². The lowest BCUT2D eigenvalue weighted by Gasteiger charge is -2.38. The number of anilines is 1. The molecule has 2 heteroatoms. The van der Waals surface area contributed by atoms with Gasteiger partial charge in [0.15, 0.2) is 0 Å². The summed E-state index contributed by atoms with van der Waals surface area (Å²) < 4.78 is 13.8. The molecule has 1 N–H and O–H groups in total. The van der Waals surface area contributed by atoms with E-state index in [2.05, 4.69) is 53.9 Å². The van der Waals surface area contributed by atoms with E-state index in [4.69, 9.17) is 0 Å². The van der Waals surface area contributed by atoms with Crippen molar-refractivity contribution in [3.05, 3.63) is 89.8 Å². The molecule has 3 aromatic carbocycles.